The number of hydrogen-bond acceptors (Lipinski definition) is 8. The minimum absolute atomic E-state index is 0.0555. The number of aryl methyl sites for hydroxylation is 1. The smallest absolute Gasteiger partial charge is 0.343 e. The molecule has 0 bridgehead atoms. The van der Waals surface area contributed by atoms with Crippen molar-refractivity contribution in [1.29, 1.82) is 0 Å². The zero-order chi connectivity index (χ0) is 25.2. The highest BCUT2D eigenvalue weighted by atomic mass is 16.5. The zero-order valence-corrected chi connectivity index (χ0v) is 20.0. The molecule has 0 fully saturated rings. The number of anilines is 1. The van der Waals surface area contributed by atoms with Gasteiger partial charge in [0.1, 0.15) is 5.75 Å². The molecule has 2 N–H and O–H groups in total. The first-order valence-electron chi connectivity index (χ1n) is 10.7. The summed E-state index contributed by atoms with van der Waals surface area (Å²) >= 11 is 0. The van der Waals surface area contributed by atoms with Crippen molar-refractivity contribution in [3.8, 4) is 23.0 Å². The van der Waals surface area contributed by atoms with Crippen molar-refractivity contribution in [2.24, 2.45) is 5.10 Å². The average Bonchev–Trinajstić information content (AvgIpc) is 2.88. The first kappa shape index (κ1) is 25.1. The fourth-order valence-corrected chi connectivity index (χ4v) is 3.20. The summed E-state index contributed by atoms with van der Waals surface area (Å²) in [5.74, 6) is 0.341. The van der Waals surface area contributed by atoms with E-state index in [1.54, 1.807) is 24.3 Å². The average molecular weight is 478 g/mol. The number of esters is 1. The molecule has 0 radical (unpaired) electrons. The largest absolute Gasteiger partial charge is 0.493 e. The number of hydrogen-bond donors (Lipinski definition) is 2. The predicted molar refractivity (Wildman–Crippen MR) is 133 cm³/mol. The number of carbonyl (C=O) groups is 2. The Bertz CT molecular complexity index is 1200. The van der Waals surface area contributed by atoms with Gasteiger partial charge in [0, 0.05) is 11.3 Å². The monoisotopic (exact) mass is 477 g/mol. The van der Waals surface area contributed by atoms with Gasteiger partial charge in [0.2, 0.25) is 5.75 Å². The lowest BCUT2D eigenvalue weighted by molar-refractivity contribution is -0.119. The van der Waals surface area contributed by atoms with Gasteiger partial charge < -0.3 is 24.3 Å². The Labute approximate surface area is 203 Å². The molecule has 0 unspecified atom stereocenters. The van der Waals surface area contributed by atoms with E-state index < -0.39 is 5.97 Å². The number of nitrogens with zero attached hydrogens (tertiary/aromatic N) is 1. The molecule has 0 atom stereocenters. The number of para-hydroxylation sites is 2. The Morgan fingerprint density at radius 1 is 0.886 bits per heavy atom. The van der Waals surface area contributed by atoms with Crippen molar-refractivity contribution >= 4 is 23.8 Å². The van der Waals surface area contributed by atoms with Crippen molar-refractivity contribution in [2.75, 3.05) is 33.2 Å². The van der Waals surface area contributed by atoms with Crippen LogP contribution in [0, 0.1) is 6.92 Å². The van der Waals surface area contributed by atoms with Crippen LogP contribution in [0.2, 0.25) is 0 Å². The molecule has 35 heavy (non-hydrogen) atoms. The SMILES string of the molecule is COc1cc(C(=O)Oc2ccccc2/C=N\NC(=O)CNc2ccccc2C)cc(OC)c1OC. The first-order valence-corrected chi connectivity index (χ1v) is 10.7. The van der Waals surface area contributed by atoms with Crippen LogP contribution in [0.1, 0.15) is 21.5 Å². The standard InChI is InChI=1S/C26H27N3O6/c1-17-9-5-7-11-20(17)27-16-24(30)29-28-15-18-10-6-8-12-21(18)35-26(31)19-13-22(32-2)25(34-4)23(14-19)33-3/h5-15,27H,16H2,1-4H3,(H,29,30)/b28-15-. The van der Waals surface area contributed by atoms with Gasteiger partial charge in [-0.05, 0) is 42.8 Å². The maximum Gasteiger partial charge on any atom is 0.343 e. The summed E-state index contributed by atoms with van der Waals surface area (Å²) < 4.78 is 21.4. The summed E-state index contributed by atoms with van der Waals surface area (Å²) in [6.07, 6.45) is 1.41. The predicted octanol–water partition coefficient (Wildman–Crippen LogP) is 3.80. The van der Waals surface area contributed by atoms with Crippen LogP contribution in [0.3, 0.4) is 0 Å². The van der Waals surface area contributed by atoms with Gasteiger partial charge in [-0.2, -0.15) is 5.10 Å². The minimum Gasteiger partial charge on any atom is -0.493 e. The number of rotatable bonds is 10. The van der Waals surface area contributed by atoms with Gasteiger partial charge in [0.25, 0.3) is 5.91 Å². The van der Waals surface area contributed by atoms with Crippen LogP contribution in [-0.4, -0.2) is 46.0 Å². The molecule has 3 aromatic rings. The van der Waals surface area contributed by atoms with Gasteiger partial charge in [-0.1, -0.05) is 30.3 Å². The molecular weight excluding hydrogens is 450 g/mol. The van der Waals surface area contributed by atoms with Crippen molar-refractivity contribution in [2.45, 2.75) is 6.92 Å². The highest BCUT2D eigenvalue weighted by Gasteiger charge is 2.19. The van der Waals surface area contributed by atoms with Crippen LogP contribution in [0.25, 0.3) is 0 Å². The van der Waals surface area contributed by atoms with Crippen molar-refractivity contribution in [1.82, 2.24) is 5.43 Å². The van der Waals surface area contributed by atoms with Gasteiger partial charge in [0.05, 0.1) is 39.7 Å². The highest BCUT2D eigenvalue weighted by Crippen LogP contribution is 2.38. The maximum absolute atomic E-state index is 12.8. The van der Waals surface area contributed by atoms with E-state index in [1.807, 2.05) is 31.2 Å². The first-order chi connectivity index (χ1) is 17.0. The van der Waals surface area contributed by atoms with Crippen LogP contribution >= 0.6 is 0 Å². The number of nitrogens with one attached hydrogen (secondary N) is 2. The zero-order valence-electron chi connectivity index (χ0n) is 20.0. The van der Waals surface area contributed by atoms with E-state index in [1.165, 1.54) is 39.7 Å². The number of benzene rings is 3. The van der Waals surface area contributed by atoms with E-state index in [2.05, 4.69) is 15.8 Å². The lowest BCUT2D eigenvalue weighted by Gasteiger charge is -2.14. The van der Waals surface area contributed by atoms with Crippen LogP contribution in [0.5, 0.6) is 23.0 Å². The van der Waals surface area contributed by atoms with Gasteiger partial charge in [-0.25, -0.2) is 10.2 Å². The Balaban J connectivity index is 1.67. The molecule has 0 aliphatic carbocycles. The lowest BCUT2D eigenvalue weighted by atomic mass is 10.1. The van der Waals surface area contributed by atoms with Gasteiger partial charge in [-0.3, -0.25) is 4.79 Å². The summed E-state index contributed by atoms with van der Waals surface area (Å²) in [4.78, 5) is 25.0. The van der Waals surface area contributed by atoms with E-state index in [4.69, 9.17) is 18.9 Å². The minimum atomic E-state index is -0.628. The van der Waals surface area contributed by atoms with E-state index in [0.29, 0.717) is 22.8 Å². The fraction of sp³-hybridized carbons (Fsp3) is 0.192. The van der Waals surface area contributed by atoms with E-state index in [9.17, 15) is 9.59 Å². The number of hydrazone groups is 1. The number of methoxy groups -OCH3 is 3. The summed E-state index contributed by atoms with van der Waals surface area (Å²) in [6, 6.07) is 17.5. The molecule has 0 spiro atoms. The molecule has 9 heteroatoms. The Kier molecular flexibility index (Phi) is 8.66. The summed E-state index contributed by atoms with van der Waals surface area (Å²) in [7, 11) is 4.40. The second-order valence-electron chi connectivity index (χ2n) is 7.30. The number of ether oxygens (including phenoxy) is 4. The molecule has 0 saturated carbocycles. The summed E-state index contributed by atoms with van der Waals surface area (Å²) in [6.45, 7) is 2.01. The Morgan fingerprint density at radius 2 is 1.54 bits per heavy atom. The summed E-state index contributed by atoms with van der Waals surface area (Å²) in [5.41, 5.74) is 5.07. The highest BCUT2D eigenvalue weighted by molar-refractivity contribution is 5.94. The van der Waals surface area contributed by atoms with Crippen molar-refractivity contribution in [3.05, 3.63) is 77.4 Å². The molecular formula is C26H27N3O6. The molecule has 3 rings (SSSR count). The lowest BCUT2D eigenvalue weighted by Crippen LogP contribution is -2.26. The molecule has 0 aliphatic heterocycles. The van der Waals surface area contributed by atoms with Crippen molar-refractivity contribution in [3.63, 3.8) is 0 Å². The van der Waals surface area contributed by atoms with E-state index >= 15 is 0 Å². The van der Waals surface area contributed by atoms with E-state index in [-0.39, 0.29) is 23.8 Å². The van der Waals surface area contributed by atoms with Crippen LogP contribution in [0.4, 0.5) is 5.69 Å². The molecule has 0 aromatic heterocycles. The van der Waals surface area contributed by atoms with Gasteiger partial charge in [0.15, 0.2) is 11.5 Å². The fourth-order valence-electron chi connectivity index (χ4n) is 3.20. The Hall–Kier alpha value is -4.53. The summed E-state index contributed by atoms with van der Waals surface area (Å²) in [5, 5.41) is 7.04. The van der Waals surface area contributed by atoms with Gasteiger partial charge >= 0.3 is 5.97 Å². The second-order valence-corrected chi connectivity index (χ2v) is 7.30. The molecule has 0 heterocycles. The normalized spacial score (nSPS) is 10.5. The van der Waals surface area contributed by atoms with Gasteiger partial charge in [-0.15, -0.1) is 0 Å². The molecule has 0 saturated heterocycles. The third kappa shape index (κ3) is 6.50. The number of carbonyl (C=O) groups excluding carboxylic acids is 2. The molecule has 3 aromatic carbocycles. The molecule has 182 valence electrons. The maximum atomic E-state index is 12.8. The van der Waals surface area contributed by atoms with Crippen LogP contribution in [0.15, 0.2) is 65.8 Å². The molecule has 1 amide bonds. The topological polar surface area (TPSA) is 107 Å². The molecule has 9 nitrogen and oxygen atoms in total. The second kappa shape index (κ2) is 12.1. The Morgan fingerprint density at radius 3 is 2.20 bits per heavy atom. The third-order valence-corrected chi connectivity index (χ3v) is 5.00. The quantitative estimate of drug-likeness (QED) is 0.198. The van der Waals surface area contributed by atoms with Crippen LogP contribution in [-0.2, 0) is 4.79 Å². The van der Waals surface area contributed by atoms with Crippen LogP contribution < -0.4 is 29.7 Å². The van der Waals surface area contributed by atoms with E-state index in [0.717, 1.165) is 11.3 Å². The number of amides is 1. The molecule has 0 aliphatic rings. The third-order valence-electron chi connectivity index (χ3n) is 5.00. The van der Waals surface area contributed by atoms with Crippen molar-refractivity contribution < 1.29 is 28.5 Å².